The van der Waals surface area contributed by atoms with E-state index < -0.39 is 15.9 Å². The molecule has 1 saturated heterocycles. The van der Waals surface area contributed by atoms with Gasteiger partial charge < -0.3 is 15.5 Å². The number of rotatable bonds is 5. The Balaban J connectivity index is 1.89. The summed E-state index contributed by atoms with van der Waals surface area (Å²) in [5.41, 5.74) is 0.578. The van der Waals surface area contributed by atoms with Crippen molar-refractivity contribution < 1.29 is 13.2 Å². The molecule has 22 heavy (non-hydrogen) atoms. The lowest BCUT2D eigenvalue weighted by Gasteiger charge is -2.19. The Morgan fingerprint density at radius 3 is 2.59 bits per heavy atom. The van der Waals surface area contributed by atoms with Crippen LogP contribution in [0.2, 0.25) is 0 Å². The molecule has 1 fully saturated rings. The maximum atomic E-state index is 11.9. The Bertz CT molecular complexity index is 611. The summed E-state index contributed by atoms with van der Waals surface area (Å²) in [6.45, 7) is 5.85. The van der Waals surface area contributed by atoms with Crippen LogP contribution >= 0.6 is 0 Å². The molecule has 2 heterocycles. The van der Waals surface area contributed by atoms with E-state index in [4.69, 9.17) is 0 Å². The zero-order valence-corrected chi connectivity index (χ0v) is 13.7. The fraction of sp³-hybridized carbons (Fsp3) is 0.571. The van der Waals surface area contributed by atoms with Gasteiger partial charge in [0, 0.05) is 19.1 Å². The number of sulfone groups is 1. The highest BCUT2D eigenvalue weighted by atomic mass is 32.2. The largest absolute Gasteiger partial charge is 0.357 e. The number of hydrogen-bond donors (Lipinski definition) is 2. The van der Waals surface area contributed by atoms with Crippen molar-refractivity contribution in [3.8, 4) is 0 Å². The molecule has 1 aromatic heterocycles. The highest BCUT2D eigenvalue weighted by Crippen LogP contribution is 2.14. The van der Waals surface area contributed by atoms with Gasteiger partial charge in [0.1, 0.15) is 5.82 Å². The third kappa shape index (κ3) is 4.33. The molecule has 1 atom stereocenters. The molecule has 7 nitrogen and oxygen atoms in total. The molecule has 0 aliphatic carbocycles. The number of carbonyl (C=O) groups is 1. The Kier molecular flexibility index (Phi) is 5.23. The first kappa shape index (κ1) is 16.5. The van der Waals surface area contributed by atoms with Crippen LogP contribution in [0.4, 0.5) is 16.3 Å². The van der Waals surface area contributed by atoms with Gasteiger partial charge in [-0.25, -0.2) is 18.2 Å². The van der Waals surface area contributed by atoms with Crippen molar-refractivity contribution in [1.82, 2.24) is 10.3 Å². The monoisotopic (exact) mass is 326 g/mol. The topological polar surface area (TPSA) is 91.4 Å². The summed E-state index contributed by atoms with van der Waals surface area (Å²) < 4.78 is 22.7. The van der Waals surface area contributed by atoms with Gasteiger partial charge in [-0.15, -0.1) is 0 Å². The highest BCUT2D eigenvalue weighted by Gasteiger charge is 2.28. The van der Waals surface area contributed by atoms with E-state index >= 15 is 0 Å². The molecule has 2 amide bonds. The van der Waals surface area contributed by atoms with E-state index in [0.717, 1.165) is 18.9 Å². The molecule has 0 saturated carbocycles. The van der Waals surface area contributed by atoms with Gasteiger partial charge in [0.25, 0.3) is 0 Å². The van der Waals surface area contributed by atoms with E-state index in [-0.39, 0.29) is 17.5 Å². The Hall–Kier alpha value is -1.83. The number of nitrogens with one attached hydrogen (secondary N) is 2. The summed E-state index contributed by atoms with van der Waals surface area (Å²) in [6.07, 6.45) is 2.06. The fourth-order valence-corrected chi connectivity index (χ4v) is 4.13. The molecule has 2 rings (SSSR count). The van der Waals surface area contributed by atoms with E-state index in [0.29, 0.717) is 12.1 Å². The summed E-state index contributed by atoms with van der Waals surface area (Å²) in [5, 5.41) is 5.35. The number of aromatic nitrogens is 1. The molecule has 0 aromatic carbocycles. The average molecular weight is 326 g/mol. The summed E-state index contributed by atoms with van der Waals surface area (Å²) in [5.74, 6) is 1.01. The Morgan fingerprint density at radius 2 is 2.09 bits per heavy atom. The molecule has 0 unspecified atom stereocenters. The molecule has 0 bridgehead atoms. The first-order valence-electron chi connectivity index (χ1n) is 7.42. The van der Waals surface area contributed by atoms with Gasteiger partial charge in [0.2, 0.25) is 0 Å². The minimum Gasteiger partial charge on any atom is -0.357 e. The number of urea groups is 1. The Morgan fingerprint density at radius 1 is 1.36 bits per heavy atom. The third-order valence-electron chi connectivity index (χ3n) is 3.66. The van der Waals surface area contributed by atoms with E-state index in [1.54, 1.807) is 12.3 Å². The molecular formula is C14H22N4O3S. The molecule has 0 radical (unpaired) electrons. The first-order chi connectivity index (χ1) is 10.4. The molecule has 8 heteroatoms. The van der Waals surface area contributed by atoms with Gasteiger partial charge >= 0.3 is 6.03 Å². The quantitative estimate of drug-likeness (QED) is 0.849. The van der Waals surface area contributed by atoms with E-state index in [1.165, 1.54) is 0 Å². The standard InChI is InChI=1S/C14H22N4O3S/c1-3-18(4-2)13-6-5-11(9-15-13)16-14(19)17-12-7-8-22(20,21)10-12/h5-6,9,12H,3-4,7-8,10H2,1-2H3,(H2,16,17,19)/t12-/m0/s1. The van der Waals surface area contributed by atoms with Gasteiger partial charge in [-0.1, -0.05) is 0 Å². The summed E-state index contributed by atoms with van der Waals surface area (Å²) >= 11 is 0. The molecule has 2 N–H and O–H groups in total. The molecule has 1 aliphatic rings. The highest BCUT2D eigenvalue weighted by molar-refractivity contribution is 7.91. The van der Waals surface area contributed by atoms with Crippen LogP contribution in [0.5, 0.6) is 0 Å². The van der Waals surface area contributed by atoms with Crippen molar-refractivity contribution in [3.05, 3.63) is 18.3 Å². The number of pyridine rings is 1. The molecule has 1 aromatic rings. The SMILES string of the molecule is CCN(CC)c1ccc(NC(=O)N[C@H]2CCS(=O)(=O)C2)cn1. The van der Waals surface area contributed by atoms with Crippen molar-refractivity contribution >= 4 is 27.4 Å². The van der Waals surface area contributed by atoms with Crippen molar-refractivity contribution in [2.45, 2.75) is 26.3 Å². The van der Waals surface area contributed by atoms with Crippen LogP contribution in [0.25, 0.3) is 0 Å². The molecule has 122 valence electrons. The lowest BCUT2D eigenvalue weighted by molar-refractivity contribution is 0.249. The summed E-state index contributed by atoms with van der Waals surface area (Å²) in [7, 11) is -3.00. The first-order valence-corrected chi connectivity index (χ1v) is 9.24. The average Bonchev–Trinajstić information content (AvgIpc) is 2.81. The lowest BCUT2D eigenvalue weighted by Crippen LogP contribution is -2.38. The van der Waals surface area contributed by atoms with E-state index in [9.17, 15) is 13.2 Å². The van der Waals surface area contributed by atoms with Gasteiger partial charge in [0.15, 0.2) is 9.84 Å². The van der Waals surface area contributed by atoms with Crippen molar-refractivity contribution in [2.75, 3.05) is 34.8 Å². The van der Waals surface area contributed by atoms with Crippen LogP contribution in [0.3, 0.4) is 0 Å². The van der Waals surface area contributed by atoms with Crippen molar-refractivity contribution in [1.29, 1.82) is 0 Å². The number of anilines is 2. The van der Waals surface area contributed by atoms with Crippen LogP contribution in [-0.4, -0.2) is 50.1 Å². The maximum absolute atomic E-state index is 11.9. The molecule has 0 spiro atoms. The molecule has 1 aliphatic heterocycles. The number of carbonyl (C=O) groups excluding carboxylic acids is 1. The van der Waals surface area contributed by atoms with Gasteiger partial charge in [-0.05, 0) is 32.4 Å². The van der Waals surface area contributed by atoms with E-state index in [2.05, 4.69) is 34.4 Å². The van der Waals surface area contributed by atoms with Gasteiger partial charge in [-0.2, -0.15) is 0 Å². The maximum Gasteiger partial charge on any atom is 0.319 e. The fourth-order valence-electron chi connectivity index (χ4n) is 2.46. The number of amides is 2. The van der Waals surface area contributed by atoms with Crippen LogP contribution in [0.15, 0.2) is 18.3 Å². The van der Waals surface area contributed by atoms with Crippen LogP contribution in [0.1, 0.15) is 20.3 Å². The van der Waals surface area contributed by atoms with Gasteiger partial charge in [-0.3, -0.25) is 0 Å². The zero-order chi connectivity index (χ0) is 16.2. The minimum atomic E-state index is -3.00. The zero-order valence-electron chi connectivity index (χ0n) is 12.9. The van der Waals surface area contributed by atoms with Crippen LogP contribution in [0, 0.1) is 0 Å². The second-order valence-electron chi connectivity index (χ2n) is 5.28. The summed E-state index contributed by atoms with van der Waals surface area (Å²) in [4.78, 5) is 18.3. The number of nitrogens with zero attached hydrogens (tertiary/aromatic N) is 2. The third-order valence-corrected chi connectivity index (χ3v) is 5.43. The van der Waals surface area contributed by atoms with Crippen LogP contribution in [-0.2, 0) is 9.84 Å². The normalized spacial score (nSPS) is 19.6. The predicted molar refractivity (Wildman–Crippen MR) is 87.0 cm³/mol. The second-order valence-corrected chi connectivity index (χ2v) is 7.50. The molecular weight excluding hydrogens is 304 g/mol. The minimum absolute atomic E-state index is 0.0135. The van der Waals surface area contributed by atoms with E-state index in [1.807, 2.05) is 6.07 Å². The second kappa shape index (κ2) is 6.95. The predicted octanol–water partition coefficient (Wildman–Crippen LogP) is 1.24. The van der Waals surface area contributed by atoms with Gasteiger partial charge in [0.05, 0.1) is 23.4 Å². The van der Waals surface area contributed by atoms with Crippen molar-refractivity contribution in [3.63, 3.8) is 0 Å². The Labute approximate surface area is 131 Å². The smallest absolute Gasteiger partial charge is 0.319 e. The van der Waals surface area contributed by atoms with Crippen molar-refractivity contribution in [2.24, 2.45) is 0 Å². The number of hydrogen-bond acceptors (Lipinski definition) is 5. The lowest BCUT2D eigenvalue weighted by atomic mass is 10.3. The van der Waals surface area contributed by atoms with Crippen LogP contribution < -0.4 is 15.5 Å². The summed E-state index contributed by atoms with van der Waals surface area (Å²) in [6, 6.07) is 2.92.